The summed E-state index contributed by atoms with van der Waals surface area (Å²) in [5.41, 5.74) is 2.09. The lowest BCUT2D eigenvalue weighted by Gasteiger charge is -1.96. The Morgan fingerprint density at radius 3 is 3.00 bits per heavy atom. The molecule has 1 N–H and O–H groups in total. The number of thiazole rings is 1. The summed E-state index contributed by atoms with van der Waals surface area (Å²) in [6.45, 7) is 0.762. The van der Waals surface area contributed by atoms with Gasteiger partial charge in [0.1, 0.15) is 5.01 Å². The van der Waals surface area contributed by atoms with E-state index in [1.54, 1.807) is 11.3 Å². The van der Waals surface area contributed by atoms with Crippen LogP contribution in [-0.2, 0) is 6.54 Å². The molecule has 1 aromatic carbocycles. The second-order valence-electron chi connectivity index (χ2n) is 3.28. The van der Waals surface area contributed by atoms with Gasteiger partial charge in [-0.05, 0) is 35.1 Å². The first kappa shape index (κ1) is 12.0. The largest absolute Gasteiger partial charge is 0.314 e. The number of hydrogen-bond donors (Lipinski definition) is 1. The first-order valence-corrected chi connectivity index (χ1v) is 6.75. The average Bonchev–Trinajstić information content (AvgIpc) is 2.61. The summed E-state index contributed by atoms with van der Waals surface area (Å²) >= 11 is 11.1. The van der Waals surface area contributed by atoms with Crippen LogP contribution in [0.5, 0.6) is 0 Å². The molecule has 0 saturated carbocycles. The highest BCUT2D eigenvalue weighted by atomic mass is 79.9. The second kappa shape index (κ2) is 5.27. The Morgan fingerprint density at radius 1 is 1.50 bits per heavy atom. The van der Waals surface area contributed by atoms with Crippen LogP contribution in [-0.4, -0.2) is 12.0 Å². The molecule has 2 rings (SSSR count). The SMILES string of the molecule is CNCc1nc(-c2cccc(Cl)c2)sc1Br. The van der Waals surface area contributed by atoms with Gasteiger partial charge >= 0.3 is 0 Å². The Morgan fingerprint density at radius 2 is 2.31 bits per heavy atom. The fraction of sp³-hybridized carbons (Fsp3) is 0.182. The van der Waals surface area contributed by atoms with E-state index in [0.29, 0.717) is 0 Å². The molecule has 0 unspecified atom stereocenters. The van der Waals surface area contributed by atoms with Gasteiger partial charge in [-0.2, -0.15) is 0 Å². The molecule has 84 valence electrons. The molecule has 0 fully saturated rings. The standard InChI is InChI=1S/C11H10BrClN2S/c1-14-6-9-10(12)16-11(15-9)7-3-2-4-8(13)5-7/h2-5,14H,6H2,1H3. The van der Waals surface area contributed by atoms with Crippen molar-refractivity contribution in [2.45, 2.75) is 6.54 Å². The van der Waals surface area contributed by atoms with Crippen molar-refractivity contribution in [3.63, 3.8) is 0 Å². The third-order valence-corrected chi connectivity index (χ3v) is 4.18. The monoisotopic (exact) mass is 316 g/mol. The maximum atomic E-state index is 5.96. The second-order valence-corrected chi connectivity index (χ2v) is 6.03. The maximum Gasteiger partial charge on any atom is 0.124 e. The lowest BCUT2D eigenvalue weighted by molar-refractivity contribution is 0.795. The highest BCUT2D eigenvalue weighted by Crippen LogP contribution is 2.32. The van der Waals surface area contributed by atoms with E-state index in [2.05, 4.69) is 26.2 Å². The van der Waals surface area contributed by atoms with Gasteiger partial charge in [-0.3, -0.25) is 0 Å². The smallest absolute Gasteiger partial charge is 0.124 e. The van der Waals surface area contributed by atoms with Crippen LogP contribution in [0.15, 0.2) is 28.1 Å². The van der Waals surface area contributed by atoms with E-state index in [1.807, 2.05) is 31.3 Å². The molecule has 0 spiro atoms. The summed E-state index contributed by atoms with van der Waals surface area (Å²) in [6, 6.07) is 7.74. The lowest BCUT2D eigenvalue weighted by atomic mass is 10.2. The minimum Gasteiger partial charge on any atom is -0.314 e. The van der Waals surface area contributed by atoms with Crippen LogP contribution in [0.1, 0.15) is 5.69 Å². The predicted molar refractivity (Wildman–Crippen MR) is 73.0 cm³/mol. The van der Waals surface area contributed by atoms with Crippen LogP contribution in [0.2, 0.25) is 5.02 Å². The van der Waals surface area contributed by atoms with Crippen molar-refractivity contribution in [2.24, 2.45) is 0 Å². The Kier molecular flexibility index (Phi) is 3.97. The molecule has 1 aromatic heterocycles. The van der Waals surface area contributed by atoms with E-state index in [4.69, 9.17) is 11.6 Å². The van der Waals surface area contributed by atoms with Gasteiger partial charge in [0.05, 0.1) is 9.48 Å². The topological polar surface area (TPSA) is 24.9 Å². The molecule has 0 aliphatic rings. The number of nitrogens with one attached hydrogen (secondary N) is 1. The molecule has 2 aromatic rings. The van der Waals surface area contributed by atoms with Crippen molar-refractivity contribution in [1.82, 2.24) is 10.3 Å². The van der Waals surface area contributed by atoms with Gasteiger partial charge in [-0.1, -0.05) is 23.7 Å². The molecule has 1 heterocycles. The average molecular weight is 318 g/mol. The highest BCUT2D eigenvalue weighted by molar-refractivity contribution is 9.11. The number of hydrogen-bond acceptors (Lipinski definition) is 3. The first-order chi connectivity index (χ1) is 7.70. The molecule has 5 heteroatoms. The van der Waals surface area contributed by atoms with Gasteiger partial charge in [0.15, 0.2) is 0 Å². The molecular weight excluding hydrogens is 308 g/mol. The van der Waals surface area contributed by atoms with Gasteiger partial charge in [0.25, 0.3) is 0 Å². The summed E-state index contributed by atoms with van der Waals surface area (Å²) in [6.07, 6.45) is 0. The number of nitrogens with zero attached hydrogens (tertiary/aromatic N) is 1. The van der Waals surface area contributed by atoms with Crippen molar-refractivity contribution >= 4 is 38.9 Å². The Bertz CT molecular complexity index is 498. The van der Waals surface area contributed by atoms with E-state index in [1.165, 1.54) is 0 Å². The fourth-order valence-corrected chi connectivity index (χ4v) is 3.04. The van der Waals surface area contributed by atoms with E-state index in [9.17, 15) is 0 Å². The van der Waals surface area contributed by atoms with E-state index in [-0.39, 0.29) is 0 Å². The fourth-order valence-electron chi connectivity index (χ4n) is 1.35. The first-order valence-electron chi connectivity index (χ1n) is 4.76. The van der Waals surface area contributed by atoms with Gasteiger partial charge in [0.2, 0.25) is 0 Å². The van der Waals surface area contributed by atoms with Crippen molar-refractivity contribution in [2.75, 3.05) is 7.05 Å². The van der Waals surface area contributed by atoms with Crippen LogP contribution in [0.4, 0.5) is 0 Å². The zero-order valence-corrected chi connectivity index (χ0v) is 11.8. The van der Waals surface area contributed by atoms with Crippen LogP contribution in [0.3, 0.4) is 0 Å². The molecular formula is C11H10BrClN2S. The zero-order valence-electron chi connectivity index (χ0n) is 8.63. The lowest BCUT2D eigenvalue weighted by Crippen LogP contribution is -2.05. The van der Waals surface area contributed by atoms with Crippen LogP contribution in [0.25, 0.3) is 10.6 Å². The van der Waals surface area contributed by atoms with Crippen molar-refractivity contribution < 1.29 is 0 Å². The molecule has 0 atom stereocenters. The molecule has 0 bridgehead atoms. The van der Waals surface area contributed by atoms with Gasteiger partial charge < -0.3 is 5.32 Å². The minimum absolute atomic E-state index is 0.735. The van der Waals surface area contributed by atoms with E-state index in [0.717, 1.165) is 31.6 Å². The van der Waals surface area contributed by atoms with Gasteiger partial charge in [-0.25, -0.2) is 4.98 Å². The Labute approximate surface area is 112 Å². The number of rotatable bonds is 3. The van der Waals surface area contributed by atoms with Crippen molar-refractivity contribution in [1.29, 1.82) is 0 Å². The molecule has 16 heavy (non-hydrogen) atoms. The predicted octanol–water partition coefficient (Wildman–Crippen LogP) is 3.95. The Hall–Kier alpha value is -0.420. The summed E-state index contributed by atoms with van der Waals surface area (Å²) in [4.78, 5) is 4.56. The third kappa shape index (κ3) is 2.63. The maximum absolute atomic E-state index is 5.96. The summed E-state index contributed by atoms with van der Waals surface area (Å²) in [5.74, 6) is 0. The Balaban J connectivity index is 2.37. The quantitative estimate of drug-likeness (QED) is 0.927. The van der Waals surface area contributed by atoms with Crippen molar-refractivity contribution in [3.8, 4) is 10.6 Å². The van der Waals surface area contributed by atoms with Crippen LogP contribution >= 0.6 is 38.9 Å². The molecule has 0 aliphatic heterocycles. The molecule has 0 amide bonds. The summed E-state index contributed by atoms with van der Waals surface area (Å²) in [5, 5.41) is 4.81. The number of benzene rings is 1. The summed E-state index contributed by atoms with van der Waals surface area (Å²) < 4.78 is 1.07. The summed E-state index contributed by atoms with van der Waals surface area (Å²) in [7, 11) is 1.91. The molecule has 2 nitrogen and oxygen atoms in total. The van der Waals surface area contributed by atoms with E-state index < -0.39 is 0 Å². The van der Waals surface area contributed by atoms with Crippen molar-refractivity contribution in [3.05, 3.63) is 38.8 Å². The van der Waals surface area contributed by atoms with Crippen LogP contribution < -0.4 is 5.32 Å². The normalized spacial score (nSPS) is 10.7. The van der Waals surface area contributed by atoms with Gasteiger partial charge in [-0.15, -0.1) is 11.3 Å². The zero-order chi connectivity index (χ0) is 11.5. The molecule has 0 radical (unpaired) electrons. The van der Waals surface area contributed by atoms with Crippen LogP contribution in [0, 0.1) is 0 Å². The molecule has 0 saturated heterocycles. The van der Waals surface area contributed by atoms with E-state index >= 15 is 0 Å². The molecule has 0 aliphatic carbocycles. The number of halogens is 2. The van der Waals surface area contributed by atoms with Gasteiger partial charge in [0, 0.05) is 17.1 Å². The minimum atomic E-state index is 0.735. The number of aromatic nitrogens is 1. The highest BCUT2D eigenvalue weighted by Gasteiger charge is 2.09. The third-order valence-electron chi connectivity index (χ3n) is 2.07.